The number of benzene rings is 2. The first-order valence-electron chi connectivity index (χ1n) is 11.7. The minimum atomic E-state index is -0.180. The molecule has 2 saturated heterocycles. The molecule has 174 valence electrons. The molecule has 7 heteroatoms. The van der Waals surface area contributed by atoms with Gasteiger partial charge in [0.05, 0.1) is 27.7 Å². The first kappa shape index (κ1) is 22.9. The minimum Gasteiger partial charge on any atom is -0.370 e. The van der Waals surface area contributed by atoms with Gasteiger partial charge in [-0.05, 0) is 43.9 Å². The van der Waals surface area contributed by atoms with Crippen LogP contribution in [0.15, 0.2) is 64.3 Å². The monoisotopic (exact) mass is 489 g/mol. The number of hydrogen-bond acceptors (Lipinski definition) is 5. The molecule has 0 aliphatic carbocycles. The SMILES string of the molecule is CC(c1ccccc1)N1C(=O)C(=Cc2c(N3CCCCC3)c3ccccc3n(C)c2=O)SC1=S. The van der Waals surface area contributed by atoms with Crippen LogP contribution in [0.5, 0.6) is 0 Å². The maximum Gasteiger partial charge on any atom is 0.266 e. The Morgan fingerprint density at radius 1 is 0.971 bits per heavy atom. The highest BCUT2D eigenvalue weighted by Gasteiger charge is 2.36. The quantitative estimate of drug-likeness (QED) is 0.358. The number of rotatable bonds is 4. The summed E-state index contributed by atoms with van der Waals surface area (Å²) in [6.45, 7) is 3.80. The zero-order valence-corrected chi connectivity index (χ0v) is 21.0. The first-order valence-corrected chi connectivity index (χ1v) is 12.9. The molecule has 0 N–H and O–H groups in total. The molecular formula is C27H27N3O2S2. The van der Waals surface area contributed by atoms with Crippen molar-refractivity contribution < 1.29 is 4.79 Å². The lowest BCUT2D eigenvalue weighted by atomic mass is 10.0. The number of anilines is 1. The molecule has 1 amide bonds. The molecule has 2 fully saturated rings. The number of thiocarbonyl (C=S) groups is 1. The molecule has 1 aromatic heterocycles. The fourth-order valence-electron chi connectivity index (χ4n) is 4.92. The lowest BCUT2D eigenvalue weighted by Crippen LogP contribution is -2.33. The molecule has 5 rings (SSSR count). The number of thioether (sulfide) groups is 1. The van der Waals surface area contributed by atoms with Crippen LogP contribution in [0, 0.1) is 0 Å². The molecule has 5 nitrogen and oxygen atoms in total. The van der Waals surface area contributed by atoms with E-state index in [1.165, 1.54) is 18.2 Å². The van der Waals surface area contributed by atoms with Crippen LogP contribution in [-0.2, 0) is 11.8 Å². The van der Waals surface area contributed by atoms with Gasteiger partial charge in [0, 0.05) is 25.5 Å². The molecule has 1 unspecified atom stereocenters. The Bertz CT molecular complexity index is 1360. The Labute approximate surface area is 209 Å². The first-order chi connectivity index (χ1) is 16.5. The molecule has 2 aromatic carbocycles. The summed E-state index contributed by atoms with van der Waals surface area (Å²) < 4.78 is 2.20. The summed E-state index contributed by atoms with van der Waals surface area (Å²) in [6.07, 6.45) is 5.17. The van der Waals surface area contributed by atoms with E-state index in [-0.39, 0.29) is 17.5 Å². The van der Waals surface area contributed by atoms with Crippen LogP contribution >= 0.6 is 24.0 Å². The van der Waals surface area contributed by atoms with Gasteiger partial charge in [-0.3, -0.25) is 14.5 Å². The van der Waals surface area contributed by atoms with Crippen molar-refractivity contribution in [3.05, 3.63) is 81.0 Å². The van der Waals surface area contributed by atoms with Gasteiger partial charge in [-0.2, -0.15) is 0 Å². The van der Waals surface area contributed by atoms with Crippen molar-refractivity contribution in [1.82, 2.24) is 9.47 Å². The van der Waals surface area contributed by atoms with Crippen molar-refractivity contribution >= 4 is 56.9 Å². The van der Waals surface area contributed by atoms with Crippen molar-refractivity contribution in [3.8, 4) is 0 Å². The number of carbonyl (C=O) groups is 1. The van der Waals surface area contributed by atoms with Gasteiger partial charge in [-0.25, -0.2) is 0 Å². The molecular weight excluding hydrogens is 462 g/mol. The number of piperidine rings is 1. The Hall–Kier alpha value is -2.90. The van der Waals surface area contributed by atoms with E-state index in [0.717, 1.165) is 48.1 Å². The van der Waals surface area contributed by atoms with E-state index in [4.69, 9.17) is 12.2 Å². The van der Waals surface area contributed by atoms with E-state index in [9.17, 15) is 9.59 Å². The third-order valence-electron chi connectivity index (χ3n) is 6.75. The maximum atomic E-state index is 13.6. The second-order valence-corrected chi connectivity index (χ2v) is 10.5. The predicted molar refractivity (Wildman–Crippen MR) is 145 cm³/mol. The smallest absolute Gasteiger partial charge is 0.266 e. The number of fused-ring (bicyclic) bond motifs is 1. The van der Waals surface area contributed by atoms with Crippen LogP contribution in [0.3, 0.4) is 0 Å². The third kappa shape index (κ3) is 3.97. The van der Waals surface area contributed by atoms with Crippen LogP contribution in [0.4, 0.5) is 5.69 Å². The molecule has 0 saturated carbocycles. The molecule has 2 aliphatic heterocycles. The van der Waals surface area contributed by atoms with Crippen molar-refractivity contribution in [3.63, 3.8) is 0 Å². The molecule has 1 atom stereocenters. The highest BCUT2D eigenvalue weighted by Crippen LogP contribution is 2.40. The Morgan fingerprint density at radius 3 is 2.38 bits per heavy atom. The van der Waals surface area contributed by atoms with E-state index in [2.05, 4.69) is 11.0 Å². The summed E-state index contributed by atoms with van der Waals surface area (Å²) in [5.74, 6) is -0.147. The standard InChI is InChI=1S/C27H27N3O2S2/c1-18(19-11-5-3-6-12-19)30-26(32)23(34-27(30)33)17-21-24(29-15-9-4-10-16-29)20-13-7-8-14-22(20)28(2)25(21)31/h3,5-8,11-14,17-18H,4,9-10,15-16H2,1-2H3. The lowest BCUT2D eigenvalue weighted by molar-refractivity contribution is -0.123. The van der Waals surface area contributed by atoms with E-state index in [0.29, 0.717) is 14.8 Å². The average Bonchev–Trinajstić information content (AvgIpc) is 3.15. The number of aromatic nitrogens is 1. The largest absolute Gasteiger partial charge is 0.370 e. The Balaban J connectivity index is 1.63. The van der Waals surface area contributed by atoms with E-state index in [1.807, 2.05) is 55.5 Å². The van der Waals surface area contributed by atoms with Crippen LogP contribution in [-0.4, -0.2) is 32.8 Å². The number of hydrogen-bond donors (Lipinski definition) is 0. The number of carbonyl (C=O) groups excluding carboxylic acids is 1. The second-order valence-electron chi connectivity index (χ2n) is 8.83. The summed E-state index contributed by atoms with van der Waals surface area (Å²) in [5.41, 5.74) is 3.32. The fourth-order valence-corrected chi connectivity index (χ4v) is 6.32. The maximum absolute atomic E-state index is 13.6. The molecule has 3 heterocycles. The number of aryl methyl sites for hydroxylation is 1. The zero-order valence-electron chi connectivity index (χ0n) is 19.4. The van der Waals surface area contributed by atoms with Crippen LogP contribution in [0.2, 0.25) is 0 Å². The van der Waals surface area contributed by atoms with Gasteiger partial charge in [0.1, 0.15) is 4.32 Å². The van der Waals surface area contributed by atoms with Gasteiger partial charge in [0.15, 0.2) is 0 Å². The summed E-state index contributed by atoms with van der Waals surface area (Å²) >= 11 is 6.89. The minimum absolute atomic E-state index is 0.0966. The zero-order chi connectivity index (χ0) is 23.8. The van der Waals surface area contributed by atoms with Gasteiger partial charge in [-0.15, -0.1) is 0 Å². The summed E-state index contributed by atoms with van der Waals surface area (Å²) in [5, 5.41) is 1.03. The van der Waals surface area contributed by atoms with E-state index < -0.39 is 0 Å². The third-order valence-corrected chi connectivity index (χ3v) is 8.08. The normalized spacial score (nSPS) is 18.8. The molecule has 0 bridgehead atoms. The molecule has 34 heavy (non-hydrogen) atoms. The van der Waals surface area contributed by atoms with Crippen LogP contribution in [0.1, 0.15) is 43.4 Å². The Kier molecular flexibility index (Phi) is 6.32. The number of pyridine rings is 1. The van der Waals surface area contributed by atoms with Crippen molar-refractivity contribution in [2.24, 2.45) is 7.05 Å². The van der Waals surface area contributed by atoms with Gasteiger partial charge < -0.3 is 9.47 Å². The lowest BCUT2D eigenvalue weighted by Gasteiger charge is -2.31. The van der Waals surface area contributed by atoms with Crippen LogP contribution in [0.25, 0.3) is 17.0 Å². The molecule has 0 radical (unpaired) electrons. The average molecular weight is 490 g/mol. The second kappa shape index (κ2) is 9.39. The highest BCUT2D eigenvalue weighted by molar-refractivity contribution is 8.26. The number of para-hydroxylation sites is 1. The molecule has 3 aromatic rings. The summed E-state index contributed by atoms with van der Waals surface area (Å²) in [4.78, 5) is 31.6. The Morgan fingerprint density at radius 2 is 1.65 bits per heavy atom. The molecule has 0 spiro atoms. The van der Waals surface area contributed by atoms with E-state index >= 15 is 0 Å². The predicted octanol–water partition coefficient (Wildman–Crippen LogP) is 5.49. The molecule has 2 aliphatic rings. The van der Waals surface area contributed by atoms with E-state index in [1.54, 1.807) is 22.6 Å². The topological polar surface area (TPSA) is 45.6 Å². The van der Waals surface area contributed by atoms with Gasteiger partial charge in [0.2, 0.25) is 0 Å². The highest BCUT2D eigenvalue weighted by atomic mass is 32.2. The fraction of sp³-hybridized carbons (Fsp3) is 0.296. The van der Waals surface area contributed by atoms with Gasteiger partial charge in [0.25, 0.3) is 11.5 Å². The summed E-state index contributed by atoms with van der Waals surface area (Å²) in [6, 6.07) is 17.7. The van der Waals surface area contributed by atoms with Crippen LogP contribution < -0.4 is 10.5 Å². The summed E-state index contributed by atoms with van der Waals surface area (Å²) in [7, 11) is 1.80. The van der Waals surface area contributed by atoms with Gasteiger partial charge >= 0.3 is 0 Å². The van der Waals surface area contributed by atoms with Crippen molar-refractivity contribution in [2.45, 2.75) is 32.2 Å². The number of nitrogens with zero attached hydrogens (tertiary/aromatic N) is 3. The van der Waals surface area contributed by atoms with Gasteiger partial charge in [-0.1, -0.05) is 72.5 Å². The number of amides is 1. The van der Waals surface area contributed by atoms with Crippen molar-refractivity contribution in [2.75, 3.05) is 18.0 Å². The van der Waals surface area contributed by atoms with Crippen molar-refractivity contribution in [1.29, 1.82) is 0 Å².